The van der Waals surface area contributed by atoms with Gasteiger partial charge in [-0.05, 0) is 32.0 Å². The Labute approximate surface area is 141 Å². The molecule has 0 unspecified atom stereocenters. The molecular formula is C17H23N5O2. The van der Waals surface area contributed by atoms with Gasteiger partial charge in [0.15, 0.2) is 0 Å². The van der Waals surface area contributed by atoms with Crippen LogP contribution in [0.3, 0.4) is 0 Å². The number of hydrogen-bond acceptors (Lipinski definition) is 5. The van der Waals surface area contributed by atoms with Crippen molar-refractivity contribution in [2.24, 2.45) is 0 Å². The summed E-state index contributed by atoms with van der Waals surface area (Å²) in [4.78, 5) is 19.9. The molecule has 1 aromatic carbocycles. The largest absolute Gasteiger partial charge is 0.491 e. The van der Waals surface area contributed by atoms with Gasteiger partial charge in [-0.25, -0.2) is 14.8 Å². The summed E-state index contributed by atoms with van der Waals surface area (Å²) in [6, 6.07) is 9.23. The fourth-order valence-corrected chi connectivity index (χ4v) is 1.91. The van der Waals surface area contributed by atoms with Crippen molar-refractivity contribution in [3.05, 3.63) is 48.3 Å². The molecule has 0 aliphatic heterocycles. The number of rotatable bonds is 8. The van der Waals surface area contributed by atoms with Crippen LogP contribution in [0.5, 0.6) is 5.75 Å². The molecule has 0 spiro atoms. The maximum atomic E-state index is 11.8. The fourth-order valence-electron chi connectivity index (χ4n) is 1.91. The van der Waals surface area contributed by atoms with E-state index in [9.17, 15) is 4.79 Å². The predicted molar refractivity (Wildman–Crippen MR) is 93.2 cm³/mol. The third kappa shape index (κ3) is 6.51. The smallest absolute Gasteiger partial charge is 0.315 e. The fraction of sp³-hybridized carbons (Fsp3) is 0.353. The van der Waals surface area contributed by atoms with Gasteiger partial charge in [0.25, 0.3) is 0 Å². The van der Waals surface area contributed by atoms with Crippen molar-refractivity contribution < 1.29 is 9.53 Å². The first-order valence-corrected chi connectivity index (χ1v) is 7.88. The van der Waals surface area contributed by atoms with E-state index >= 15 is 0 Å². The number of carbonyl (C=O) groups is 1. The molecule has 7 nitrogen and oxygen atoms in total. The van der Waals surface area contributed by atoms with Crippen molar-refractivity contribution >= 4 is 12.0 Å². The summed E-state index contributed by atoms with van der Waals surface area (Å²) in [5.41, 5.74) is 1.18. The Morgan fingerprint density at radius 3 is 2.58 bits per heavy atom. The van der Waals surface area contributed by atoms with E-state index in [2.05, 4.69) is 25.9 Å². The molecule has 0 aliphatic rings. The molecular weight excluding hydrogens is 306 g/mol. The van der Waals surface area contributed by atoms with Crippen LogP contribution >= 0.6 is 0 Å². The summed E-state index contributed by atoms with van der Waals surface area (Å²) in [6.07, 6.45) is 3.32. The van der Waals surface area contributed by atoms with Crippen molar-refractivity contribution in [1.82, 2.24) is 20.6 Å². The molecule has 0 saturated heterocycles. The Morgan fingerprint density at radius 1 is 1.17 bits per heavy atom. The van der Waals surface area contributed by atoms with Gasteiger partial charge in [0.05, 0.1) is 6.04 Å². The lowest BCUT2D eigenvalue weighted by Crippen LogP contribution is -2.44. The van der Waals surface area contributed by atoms with Gasteiger partial charge < -0.3 is 20.7 Å². The monoisotopic (exact) mass is 329 g/mol. The highest BCUT2D eigenvalue weighted by atomic mass is 16.5. The number of nitrogens with zero attached hydrogens (tertiary/aromatic N) is 2. The SMILES string of the molecule is Cc1ccc(OC[C@@H](C)NC(=O)NCCNc2ncccn2)cc1. The van der Waals surface area contributed by atoms with Gasteiger partial charge in [-0.1, -0.05) is 17.7 Å². The third-order valence-electron chi connectivity index (χ3n) is 3.16. The molecule has 0 aliphatic carbocycles. The number of aromatic nitrogens is 2. The Kier molecular flexibility index (Phi) is 6.82. The van der Waals surface area contributed by atoms with Crippen LogP contribution in [-0.2, 0) is 0 Å². The number of urea groups is 1. The van der Waals surface area contributed by atoms with Crippen LogP contribution in [0.4, 0.5) is 10.7 Å². The van der Waals surface area contributed by atoms with E-state index in [0.29, 0.717) is 25.6 Å². The minimum Gasteiger partial charge on any atom is -0.491 e. The summed E-state index contributed by atoms with van der Waals surface area (Å²) < 4.78 is 5.64. The van der Waals surface area contributed by atoms with Crippen molar-refractivity contribution in [2.45, 2.75) is 19.9 Å². The lowest BCUT2D eigenvalue weighted by Gasteiger charge is -2.16. The Bertz CT molecular complexity index is 619. The molecule has 0 fully saturated rings. The molecule has 3 N–H and O–H groups in total. The topological polar surface area (TPSA) is 88.2 Å². The van der Waals surface area contributed by atoms with Crippen molar-refractivity contribution in [1.29, 1.82) is 0 Å². The molecule has 2 rings (SSSR count). The summed E-state index contributed by atoms with van der Waals surface area (Å²) in [5, 5.41) is 8.61. The number of anilines is 1. The van der Waals surface area contributed by atoms with Crippen molar-refractivity contribution in [3.8, 4) is 5.75 Å². The second-order valence-corrected chi connectivity index (χ2v) is 5.42. The molecule has 0 radical (unpaired) electrons. The molecule has 2 aromatic rings. The summed E-state index contributed by atoms with van der Waals surface area (Å²) >= 11 is 0. The normalized spacial score (nSPS) is 11.4. The van der Waals surface area contributed by atoms with E-state index in [-0.39, 0.29) is 12.1 Å². The zero-order chi connectivity index (χ0) is 17.2. The molecule has 128 valence electrons. The Balaban J connectivity index is 1.58. The number of hydrogen-bond donors (Lipinski definition) is 3. The van der Waals surface area contributed by atoms with Gasteiger partial charge in [0, 0.05) is 25.5 Å². The van der Waals surface area contributed by atoms with Crippen LogP contribution in [-0.4, -0.2) is 41.7 Å². The van der Waals surface area contributed by atoms with Gasteiger partial charge in [0.1, 0.15) is 12.4 Å². The van der Waals surface area contributed by atoms with Gasteiger partial charge in [-0.3, -0.25) is 0 Å². The minimum absolute atomic E-state index is 0.100. The number of carbonyl (C=O) groups excluding carboxylic acids is 1. The summed E-state index contributed by atoms with van der Waals surface area (Å²) in [6.45, 7) is 5.34. The van der Waals surface area contributed by atoms with Crippen molar-refractivity contribution in [2.75, 3.05) is 25.0 Å². The number of nitrogens with one attached hydrogen (secondary N) is 3. The van der Waals surface area contributed by atoms with Crippen LogP contribution < -0.4 is 20.7 Å². The average Bonchev–Trinajstić information content (AvgIpc) is 2.59. The lowest BCUT2D eigenvalue weighted by atomic mass is 10.2. The molecule has 0 bridgehead atoms. The van der Waals surface area contributed by atoms with Crippen LogP contribution in [0.2, 0.25) is 0 Å². The zero-order valence-electron chi connectivity index (χ0n) is 14.0. The molecule has 1 atom stereocenters. The standard InChI is InChI=1S/C17H23N5O2/c1-13-4-6-15(7-5-13)24-12-14(2)22-17(23)21-11-10-20-16-18-8-3-9-19-16/h3-9,14H,10-12H2,1-2H3,(H,18,19,20)(H2,21,22,23)/t14-/m1/s1. The Hall–Kier alpha value is -2.83. The highest BCUT2D eigenvalue weighted by Gasteiger charge is 2.07. The lowest BCUT2D eigenvalue weighted by molar-refractivity contribution is 0.227. The zero-order valence-corrected chi connectivity index (χ0v) is 14.0. The van der Waals surface area contributed by atoms with Gasteiger partial charge in [-0.2, -0.15) is 0 Å². The van der Waals surface area contributed by atoms with Gasteiger partial charge >= 0.3 is 6.03 Å². The summed E-state index contributed by atoms with van der Waals surface area (Å²) in [7, 11) is 0. The average molecular weight is 329 g/mol. The first-order valence-electron chi connectivity index (χ1n) is 7.88. The molecule has 0 saturated carbocycles. The van der Waals surface area contributed by atoms with Crippen LogP contribution in [0.25, 0.3) is 0 Å². The van der Waals surface area contributed by atoms with Crippen LogP contribution in [0.15, 0.2) is 42.7 Å². The van der Waals surface area contributed by atoms with Crippen LogP contribution in [0.1, 0.15) is 12.5 Å². The second kappa shape index (κ2) is 9.34. The Morgan fingerprint density at radius 2 is 1.88 bits per heavy atom. The highest BCUT2D eigenvalue weighted by molar-refractivity contribution is 5.74. The third-order valence-corrected chi connectivity index (χ3v) is 3.16. The molecule has 1 heterocycles. The van der Waals surface area contributed by atoms with Gasteiger partial charge in [-0.15, -0.1) is 0 Å². The van der Waals surface area contributed by atoms with Crippen molar-refractivity contribution in [3.63, 3.8) is 0 Å². The molecule has 7 heteroatoms. The summed E-state index contributed by atoms with van der Waals surface area (Å²) in [5.74, 6) is 1.33. The molecule has 2 amide bonds. The maximum Gasteiger partial charge on any atom is 0.315 e. The first-order chi connectivity index (χ1) is 11.6. The number of amides is 2. The van der Waals surface area contributed by atoms with E-state index in [0.717, 1.165) is 5.75 Å². The maximum absolute atomic E-state index is 11.8. The highest BCUT2D eigenvalue weighted by Crippen LogP contribution is 2.11. The van der Waals surface area contributed by atoms with Gasteiger partial charge in [0.2, 0.25) is 5.95 Å². The van der Waals surface area contributed by atoms with Crippen LogP contribution in [0, 0.1) is 6.92 Å². The number of ether oxygens (including phenoxy) is 1. The second-order valence-electron chi connectivity index (χ2n) is 5.42. The number of benzene rings is 1. The van der Waals surface area contributed by atoms with E-state index in [1.807, 2.05) is 38.1 Å². The van der Waals surface area contributed by atoms with E-state index in [1.165, 1.54) is 5.56 Å². The van der Waals surface area contributed by atoms with E-state index < -0.39 is 0 Å². The first kappa shape index (κ1) is 17.5. The molecule has 1 aromatic heterocycles. The number of aryl methyl sites for hydroxylation is 1. The quantitative estimate of drug-likeness (QED) is 0.644. The predicted octanol–water partition coefficient (Wildman–Crippen LogP) is 1.96. The van der Waals surface area contributed by atoms with E-state index in [1.54, 1.807) is 18.5 Å². The molecule has 24 heavy (non-hydrogen) atoms. The van der Waals surface area contributed by atoms with E-state index in [4.69, 9.17) is 4.74 Å². The minimum atomic E-state index is -0.231.